The Morgan fingerprint density at radius 2 is 2.14 bits per heavy atom. The fraction of sp³-hybridized carbons (Fsp3) is 0.250. The molecule has 3 aromatic rings. The van der Waals surface area contributed by atoms with E-state index in [0.29, 0.717) is 6.54 Å². The van der Waals surface area contributed by atoms with Crippen LogP contribution < -0.4 is 0 Å². The Bertz CT molecular complexity index is 801. The minimum absolute atomic E-state index is 0.0740. The number of fused-ring (bicyclic) bond motifs is 1. The second-order valence-corrected chi connectivity index (χ2v) is 6.56. The molecule has 0 saturated heterocycles. The molecule has 108 valence electrons. The van der Waals surface area contributed by atoms with Gasteiger partial charge in [0.15, 0.2) is 0 Å². The summed E-state index contributed by atoms with van der Waals surface area (Å²) in [5, 5.41) is 0. The molecule has 0 bridgehead atoms. The van der Waals surface area contributed by atoms with Gasteiger partial charge in [0.25, 0.3) is 0 Å². The zero-order chi connectivity index (χ0) is 15.0. The van der Waals surface area contributed by atoms with E-state index in [4.69, 9.17) is 0 Å². The molecule has 0 aliphatic carbocycles. The highest BCUT2D eigenvalue weighted by atomic mass is 32.1. The van der Waals surface area contributed by atoms with Gasteiger partial charge in [0.2, 0.25) is 5.91 Å². The number of amides is 1. The molecule has 0 atom stereocenters. The summed E-state index contributed by atoms with van der Waals surface area (Å²) in [7, 11) is 3.54. The molecule has 1 amide bonds. The predicted molar refractivity (Wildman–Crippen MR) is 86.5 cm³/mol. The number of aryl methyl sites for hydroxylation is 1. The van der Waals surface area contributed by atoms with Crippen LogP contribution in [0.3, 0.4) is 0 Å². The molecule has 5 heteroatoms. The van der Waals surface area contributed by atoms with Crippen molar-refractivity contribution >= 4 is 28.3 Å². The molecule has 3 aromatic heterocycles. The number of carbonyl (C=O) groups excluding carboxylic acids is 1. The third-order valence-corrected chi connectivity index (χ3v) is 4.50. The van der Waals surface area contributed by atoms with Crippen molar-refractivity contribution in [2.45, 2.75) is 13.5 Å². The van der Waals surface area contributed by atoms with E-state index in [1.807, 2.05) is 23.0 Å². The molecule has 0 saturated carbocycles. The van der Waals surface area contributed by atoms with Crippen LogP contribution in [0.4, 0.5) is 0 Å². The Hall–Kier alpha value is -2.14. The SMILES string of the molecule is Cc1ccc(-c2cnc3ccn(CC(=O)N(C)C)c3c2)s1. The summed E-state index contributed by atoms with van der Waals surface area (Å²) in [4.78, 5) is 20.5. The van der Waals surface area contributed by atoms with Crippen molar-refractivity contribution in [1.29, 1.82) is 0 Å². The molecule has 0 aliphatic heterocycles. The van der Waals surface area contributed by atoms with Gasteiger partial charge in [0.1, 0.15) is 6.54 Å². The summed E-state index contributed by atoms with van der Waals surface area (Å²) in [6, 6.07) is 8.28. The molecule has 0 spiro atoms. The van der Waals surface area contributed by atoms with Crippen LogP contribution >= 0.6 is 11.3 Å². The normalized spacial score (nSPS) is 11.0. The minimum Gasteiger partial charge on any atom is -0.347 e. The Balaban J connectivity index is 2.01. The summed E-state index contributed by atoms with van der Waals surface area (Å²) in [5.74, 6) is 0.0740. The Kier molecular flexibility index (Phi) is 3.51. The largest absolute Gasteiger partial charge is 0.347 e. The smallest absolute Gasteiger partial charge is 0.241 e. The number of thiophene rings is 1. The van der Waals surface area contributed by atoms with Crippen molar-refractivity contribution in [3.05, 3.63) is 41.5 Å². The van der Waals surface area contributed by atoms with Crippen LogP contribution in [0.2, 0.25) is 0 Å². The fourth-order valence-corrected chi connectivity index (χ4v) is 3.06. The summed E-state index contributed by atoms with van der Waals surface area (Å²) < 4.78 is 1.95. The van der Waals surface area contributed by atoms with Crippen LogP contribution in [0.15, 0.2) is 36.7 Å². The van der Waals surface area contributed by atoms with Crippen molar-refractivity contribution in [3.63, 3.8) is 0 Å². The van der Waals surface area contributed by atoms with Gasteiger partial charge in [-0.3, -0.25) is 9.78 Å². The summed E-state index contributed by atoms with van der Waals surface area (Å²) in [6.45, 7) is 2.43. The fourth-order valence-electron chi connectivity index (χ4n) is 2.21. The van der Waals surface area contributed by atoms with Crippen LogP contribution in [0, 0.1) is 6.92 Å². The van der Waals surface area contributed by atoms with E-state index in [1.54, 1.807) is 30.3 Å². The van der Waals surface area contributed by atoms with Gasteiger partial charge in [-0.1, -0.05) is 0 Å². The molecule has 4 nitrogen and oxygen atoms in total. The monoisotopic (exact) mass is 299 g/mol. The number of hydrogen-bond acceptors (Lipinski definition) is 3. The third-order valence-electron chi connectivity index (χ3n) is 3.45. The predicted octanol–water partition coefficient (Wildman–Crippen LogP) is 3.16. The maximum atomic E-state index is 11.9. The second-order valence-electron chi connectivity index (χ2n) is 5.27. The van der Waals surface area contributed by atoms with Gasteiger partial charge in [-0.05, 0) is 31.2 Å². The van der Waals surface area contributed by atoms with Crippen LogP contribution in [-0.4, -0.2) is 34.5 Å². The topological polar surface area (TPSA) is 38.1 Å². The molecule has 0 radical (unpaired) electrons. The van der Waals surface area contributed by atoms with E-state index < -0.39 is 0 Å². The Morgan fingerprint density at radius 3 is 2.81 bits per heavy atom. The first-order valence-electron chi connectivity index (χ1n) is 6.76. The van der Waals surface area contributed by atoms with Crippen molar-refractivity contribution in [2.75, 3.05) is 14.1 Å². The molecule has 21 heavy (non-hydrogen) atoms. The van der Waals surface area contributed by atoms with Crippen molar-refractivity contribution in [1.82, 2.24) is 14.5 Å². The van der Waals surface area contributed by atoms with E-state index in [0.717, 1.165) is 16.6 Å². The van der Waals surface area contributed by atoms with Crippen molar-refractivity contribution in [2.24, 2.45) is 0 Å². The van der Waals surface area contributed by atoms with E-state index in [2.05, 4.69) is 30.1 Å². The van der Waals surface area contributed by atoms with Crippen LogP contribution in [0.1, 0.15) is 4.88 Å². The maximum Gasteiger partial charge on any atom is 0.241 e. The minimum atomic E-state index is 0.0740. The zero-order valence-corrected chi connectivity index (χ0v) is 13.1. The van der Waals surface area contributed by atoms with E-state index >= 15 is 0 Å². The van der Waals surface area contributed by atoms with Crippen LogP contribution in [0.25, 0.3) is 21.5 Å². The second kappa shape index (κ2) is 5.33. The first kappa shape index (κ1) is 13.8. The molecule has 3 rings (SSSR count). The maximum absolute atomic E-state index is 11.9. The number of carbonyl (C=O) groups is 1. The van der Waals surface area contributed by atoms with E-state index in [9.17, 15) is 4.79 Å². The molecule has 0 N–H and O–H groups in total. The average Bonchev–Trinajstić information content (AvgIpc) is 3.05. The number of pyridine rings is 1. The molecular weight excluding hydrogens is 282 g/mol. The van der Waals surface area contributed by atoms with Gasteiger partial charge < -0.3 is 9.47 Å². The molecule has 0 aliphatic rings. The summed E-state index contributed by atoms with van der Waals surface area (Å²) in [5.41, 5.74) is 3.00. The number of nitrogens with zero attached hydrogens (tertiary/aromatic N) is 3. The van der Waals surface area contributed by atoms with Crippen molar-refractivity contribution < 1.29 is 4.79 Å². The van der Waals surface area contributed by atoms with Gasteiger partial charge in [-0.25, -0.2) is 0 Å². The first-order valence-corrected chi connectivity index (χ1v) is 7.58. The zero-order valence-electron chi connectivity index (χ0n) is 12.3. The molecule has 0 fully saturated rings. The standard InChI is InChI=1S/C16H17N3OS/c1-11-4-5-15(21-11)12-8-14-13(17-9-12)6-7-19(14)10-16(20)18(2)3/h4-9H,10H2,1-3H3. The highest BCUT2D eigenvalue weighted by Gasteiger charge is 2.10. The van der Waals surface area contributed by atoms with E-state index in [1.165, 1.54) is 9.75 Å². The lowest BCUT2D eigenvalue weighted by Crippen LogP contribution is -2.25. The lowest BCUT2D eigenvalue weighted by Gasteiger charge is -2.11. The summed E-state index contributed by atoms with van der Waals surface area (Å²) in [6.07, 6.45) is 3.81. The van der Waals surface area contributed by atoms with Gasteiger partial charge in [-0.15, -0.1) is 11.3 Å². The quantitative estimate of drug-likeness (QED) is 0.745. The van der Waals surface area contributed by atoms with Crippen LogP contribution in [-0.2, 0) is 11.3 Å². The number of hydrogen-bond donors (Lipinski definition) is 0. The Morgan fingerprint density at radius 1 is 1.33 bits per heavy atom. The molecule has 3 heterocycles. The first-order chi connectivity index (χ1) is 10.0. The lowest BCUT2D eigenvalue weighted by molar-refractivity contribution is -0.129. The van der Waals surface area contributed by atoms with E-state index in [-0.39, 0.29) is 5.91 Å². The number of rotatable bonds is 3. The summed E-state index contributed by atoms with van der Waals surface area (Å²) >= 11 is 1.75. The lowest BCUT2D eigenvalue weighted by atomic mass is 10.2. The molecular formula is C16H17N3OS. The Labute approximate surface area is 127 Å². The van der Waals surface area contributed by atoms with Gasteiger partial charge >= 0.3 is 0 Å². The van der Waals surface area contributed by atoms with Crippen molar-refractivity contribution in [3.8, 4) is 10.4 Å². The molecule has 0 unspecified atom stereocenters. The average molecular weight is 299 g/mol. The third kappa shape index (κ3) is 2.69. The van der Waals surface area contributed by atoms with Gasteiger partial charge in [0, 0.05) is 41.8 Å². The highest BCUT2D eigenvalue weighted by Crippen LogP contribution is 2.29. The van der Waals surface area contributed by atoms with Gasteiger partial charge in [-0.2, -0.15) is 0 Å². The highest BCUT2D eigenvalue weighted by molar-refractivity contribution is 7.15. The van der Waals surface area contributed by atoms with Gasteiger partial charge in [0.05, 0.1) is 11.0 Å². The number of aromatic nitrogens is 2. The number of likely N-dealkylation sites (N-methyl/N-ethyl adjacent to an activating group) is 1. The molecule has 0 aromatic carbocycles. The van der Waals surface area contributed by atoms with Crippen LogP contribution in [0.5, 0.6) is 0 Å².